The normalized spacial score (nSPS) is 37.6. The van der Waals surface area contributed by atoms with Gasteiger partial charge in [0.25, 0.3) is 11.8 Å². The van der Waals surface area contributed by atoms with Crippen molar-refractivity contribution in [3.05, 3.63) is 29.8 Å². The van der Waals surface area contributed by atoms with Crippen LogP contribution < -0.4 is 10.2 Å². The molecule has 162 valence electrons. The predicted molar refractivity (Wildman–Crippen MR) is 112 cm³/mol. The molecule has 1 saturated heterocycles. The summed E-state index contributed by atoms with van der Waals surface area (Å²) in [4.78, 5) is 40.1. The second kappa shape index (κ2) is 6.61. The molecule has 2 atom stereocenters. The molecule has 2 heterocycles. The minimum atomic E-state index is -0.874. The molecule has 4 saturated carbocycles. The van der Waals surface area contributed by atoms with E-state index in [9.17, 15) is 14.4 Å². The molecule has 4 bridgehead atoms. The van der Waals surface area contributed by atoms with Crippen LogP contribution in [-0.4, -0.2) is 46.9 Å². The second-order valence-corrected chi connectivity index (χ2v) is 10.3. The number of nitrogens with zero attached hydrogens (tertiary/aromatic N) is 4. The van der Waals surface area contributed by atoms with E-state index >= 15 is 0 Å². The zero-order valence-electron chi connectivity index (χ0n) is 17.7. The van der Waals surface area contributed by atoms with E-state index in [1.54, 1.807) is 12.1 Å². The Balaban J connectivity index is 1.16. The third-order valence-electron chi connectivity index (χ3n) is 7.90. The van der Waals surface area contributed by atoms with Crippen LogP contribution in [0, 0.1) is 24.7 Å². The lowest BCUT2D eigenvalue weighted by atomic mass is 9.53. The largest absolute Gasteiger partial charge is 0.349 e. The minimum Gasteiger partial charge on any atom is -0.349 e. The van der Waals surface area contributed by atoms with E-state index in [2.05, 4.69) is 15.7 Å². The van der Waals surface area contributed by atoms with E-state index in [0.717, 1.165) is 42.6 Å². The number of anilines is 1. The van der Waals surface area contributed by atoms with Crippen molar-refractivity contribution in [1.82, 2.24) is 10.3 Å². The topological polar surface area (TPSA) is 94.4 Å². The van der Waals surface area contributed by atoms with Crippen LogP contribution in [0.4, 0.5) is 5.69 Å². The SMILES string of the molecule is Cc1ccc(N2C(=O)[C@H]3N=NN(CC(=O)NC45CC6CC(CC(C6)C4)C5)[C@@H]3C2=O)cc1. The third kappa shape index (κ3) is 2.98. The van der Waals surface area contributed by atoms with Gasteiger partial charge < -0.3 is 5.32 Å². The Morgan fingerprint density at radius 3 is 2.26 bits per heavy atom. The first-order valence-corrected chi connectivity index (χ1v) is 11.3. The molecular formula is C23H27N5O3. The average molecular weight is 422 g/mol. The molecule has 1 aromatic rings. The molecule has 1 N–H and O–H groups in total. The maximum absolute atomic E-state index is 13.1. The van der Waals surface area contributed by atoms with Crippen molar-refractivity contribution in [3.63, 3.8) is 0 Å². The first kappa shape index (κ1) is 19.0. The van der Waals surface area contributed by atoms with Crippen LogP contribution in [0.5, 0.6) is 0 Å². The number of nitrogens with one attached hydrogen (secondary N) is 1. The molecule has 8 heteroatoms. The molecule has 7 rings (SSSR count). The number of rotatable bonds is 4. The highest BCUT2D eigenvalue weighted by Crippen LogP contribution is 2.55. The summed E-state index contributed by atoms with van der Waals surface area (Å²) in [6.45, 7) is 1.90. The number of hydrogen-bond donors (Lipinski definition) is 1. The second-order valence-electron chi connectivity index (χ2n) is 10.3. The number of imide groups is 1. The quantitative estimate of drug-likeness (QED) is 0.755. The van der Waals surface area contributed by atoms with Gasteiger partial charge in [0, 0.05) is 5.54 Å². The summed E-state index contributed by atoms with van der Waals surface area (Å²) in [5, 5.41) is 12.8. The Hall–Kier alpha value is -2.77. The summed E-state index contributed by atoms with van der Waals surface area (Å²) >= 11 is 0. The van der Waals surface area contributed by atoms with Crippen molar-refractivity contribution in [3.8, 4) is 0 Å². The predicted octanol–water partition coefficient (Wildman–Crippen LogP) is 2.37. The van der Waals surface area contributed by atoms with Crippen molar-refractivity contribution < 1.29 is 14.4 Å². The van der Waals surface area contributed by atoms with Gasteiger partial charge in [-0.15, -0.1) is 0 Å². The number of carbonyl (C=O) groups excluding carboxylic acids is 3. The van der Waals surface area contributed by atoms with Crippen molar-refractivity contribution in [2.75, 3.05) is 11.4 Å². The van der Waals surface area contributed by atoms with Gasteiger partial charge in [-0.1, -0.05) is 22.9 Å². The molecule has 3 amide bonds. The van der Waals surface area contributed by atoms with Crippen LogP contribution in [0.2, 0.25) is 0 Å². The first-order chi connectivity index (χ1) is 14.9. The molecular weight excluding hydrogens is 394 g/mol. The summed E-state index contributed by atoms with van der Waals surface area (Å²) in [5.41, 5.74) is 1.49. The molecule has 31 heavy (non-hydrogen) atoms. The van der Waals surface area contributed by atoms with Gasteiger partial charge >= 0.3 is 0 Å². The fraction of sp³-hybridized carbons (Fsp3) is 0.609. The standard InChI is InChI=1S/C23H27N5O3/c1-13-2-4-17(5-3-13)28-21(30)19-20(22(28)31)27(26-25-19)12-18(29)24-23-9-14-6-15(10-23)8-16(7-14)11-23/h2-5,14-16,19-20H,6-12H2,1H3,(H,24,29)/t14?,15?,16?,19-,20-,23?/m0/s1. The van der Waals surface area contributed by atoms with Gasteiger partial charge in [0.15, 0.2) is 12.1 Å². The maximum Gasteiger partial charge on any atom is 0.263 e. The molecule has 4 aliphatic carbocycles. The van der Waals surface area contributed by atoms with Gasteiger partial charge in [-0.2, -0.15) is 5.11 Å². The number of carbonyl (C=O) groups is 3. The Bertz CT molecular complexity index is 952. The Morgan fingerprint density at radius 2 is 1.65 bits per heavy atom. The number of fused-ring (bicyclic) bond motifs is 1. The van der Waals surface area contributed by atoms with Crippen molar-refractivity contribution >= 4 is 23.4 Å². The Labute approximate surface area is 181 Å². The van der Waals surface area contributed by atoms with Gasteiger partial charge in [-0.05, 0) is 75.3 Å². The van der Waals surface area contributed by atoms with Gasteiger partial charge in [-0.3, -0.25) is 19.4 Å². The molecule has 0 radical (unpaired) electrons. The summed E-state index contributed by atoms with van der Waals surface area (Å²) in [7, 11) is 0. The monoisotopic (exact) mass is 421 g/mol. The fourth-order valence-electron chi connectivity index (χ4n) is 7.05. The highest BCUT2D eigenvalue weighted by atomic mass is 16.2. The third-order valence-corrected chi connectivity index (χ3v) is 7.90. The fourth-order valence-corrected chi connectivity index (χ4v) is 7.05. The van der Waals surface area contributed by atoms with Gasteiger partial charge in [0.05, 0.1) is 5.69 Å². The summed E-state index contributed by atoms with van der Waals surface area (Å²) in [5.74, 6) is 1.33. The lowest BCUT2D eigenvalue weighted by Gasteiger charge is -2.57. The number of aryl methyl sites for hydroxylation is 1. The minimum absolute atomic E-state index is 0.0484. The summed E-state index contributed by atoms with van der Waals surface area (Å²) in [6, 6.07) is 5.53. The highest BCUT2D eigenvalue weighted by molar-refractivity contribution is 6.25. The average Bonchev–Trinajstić information content (AvgIpc) is 3.21. The number of hydrogen-bond acceptors (Lipinski definition) is 6. The van der Waals surface area contributed by atoms with E-state index in [1.807, 2.05) is 19.1 Å². The van der Waals surface area contributed by atoms with E-state index in [4.69, 9.17) is 0 Å². The molecule has 8 nitrogen and oxygen atoms in total. The Kier molecular flexibility index (Phi) is 4.04. The highest BCUT2D eigenvalue weighted by Gasteiger charge is 2.56. The van der Waals surface area contributed by atoms with Crippen LogP contribution in [-0.2, 0) is 14.4 Å². The summed E-state index contributed by atoms with van der Waals surface area (Å²) < 4.78 is 0. The van der Waals surface area contributed by atoms with E-state index in [1.165, 1.54) is 29.2 Å². The lowest BCUT2D eigenvalue weighted by molar-refractivity contribution is -0.129. The number of amides is 3. The molecule has 5 fully saturated rings. The van der Waals surface area contributed by atoms with Crippen molar-refractivity contribution in [2.45, 2.75) is 63.1 Å². The molecule has 0 aromatic heterocycles. The molecule has 0 unspecified atom stereocenters. The van der Waals surface area contributed by atoms with Crippen LogP contribution in [0.15, 0.2) is 34.6 Å². The van der Waals surface area contributed by atoms with Crippen LogP contribution >= 0.6 is 0 Å². The zero-order chi connectivity index (χ0) is 21.3. The van der Waals surface area contributed by atoms with Crippen LogP contribution in [0.1, 0.15) is 44.1 Å². The molecule has 6 aliphatic rings. The smallest absolute Gasteiger partial charge is 0.263 e. The zero-order valence-corrected chi connectivity index (χ0v) is 17.7. The van der Waals surface area contributed by atoms with E-state index in [0.29, 0.717) is 5.69 Å². The molecule has 1 aromatic carbocycles. The lowest BCUT2D eigenvalue weighted by Crippen LogP contribution is -2.61. The van der Waals surface area contributed by atoms with E-state index < -0.39 is 12.1 Å². The Morgan fingerprint density at radius 1 is 1.03 bits per heavy atom. The van der Waals surface area contributed by atoms with Crippen LogP contribution in [0.3, 0.4) is 0 Å². The molecule has 2 aliphatic heterocycles. The first-order valence-electron chi connectivity index (χ1n) is 11.3. The summed E-state index contributed by atoms with van der Waals surface area (Å²) in [6.07, 6.45) is 7.13. The van der Waals surface area contributed by atoms with Crippen molar-refractivity contribution in [2.24, 2.45) is 28.1 Å². The van der Waals surface area contributed by atoms with Gasteiger partial charge in [0.2, 0.25) is 5.91 Å². The molecule has 0 spiro atoms. The maximum atomic E-state index is 13.1. The number of benzene rings is 1. The van der Waals surface area contributed by atoms with Gasteiger partial charge in [-0.25, -0.2) is 4.90 Å². The van der Waals surface area contributed by atoms with Crippen molar-refractivity contribution in [1.29, 1.82) is 0 Å². The van der Waals surface area contributed by atoms with E-state index in [-0.39, 0.29) is 29.8 Å². The van der Waals surface area contributed by atoms with Gasteiger partial charge in [0.1, 0.15) is 6.54 Å². The van der Waals surface area contributed by atoms with Crippen LogP contribution in [0.25, 0.3) is 0 Å².